The van der Waals surface area contributed by atoms with Gasteiger partial charge in [-0.1, -0.05) is 55.8 Å². The molecule has 0 radical (unpaired) electrons. The number of carbonyl (C=O) groups is 1. The summed E-state index contributed by atoms with van der Waals surface area (Å²) in [6.07, 6.45) is 5.25. The van der Waals surface area contributed by atoms with Gasteiger partial charge in [0.2, 0.25) is 0 Å². The maximum Gasteiger partial charge on any atom is 0.335 e. The average Bonchev–Trinajstić information content (AvgIpc) is 2.76. The van der Waals surface area contributed by atoms with E-state index in [1.54, 1.807) is 0 Å². The molecular weight excluding hydrogens is 360 g/mol. The van der Waals surface area contributed by atoms with Crippen molar-refractivity contribution in [2.24, 2.45) is 5.92 Å². The molecule has 0 heterocycles. The molecule has 3 heteroatoms. The Balaban J connectivity index is 1.98. The van der Waals surface area contributed by atoms with Crippen molar-refractivity contribution in [2.75, 3.05) is 0 Å². The highest BCUT2D eigenvalue weighted by molar-refractivity contribution is 5.99. The first-order chi connectivity index (χ1) is 14.1. The van der Waals surface area contributed by atoms with E-state index in [1.807, 2.05) is 42.5 Å². The van der Waals surface area contributed by atoms with Crippen LogP contribution in [-0.4, -0.2) is 5.97 Å². The zero-order valence-corrected chi connectivity index (χ0v) is 17.0. The molecule has 0 amide bonds. The quantitative estimate of drug-likeness (QED) is 0.283. The third kappa shape index (κ3) is 3.77. The van der Waals surface area contributed by atoms with E-state index in [4.69, 9.17) is 9.47 Å². The fraction of sp³-hybridized carbons (Fsp3) is 0.269. The van der Waals surface area contributed by atoms with Gasteiger partial charge < -0.3 is 9.47 Å². The largest absolute Gasteiger partial charge is 0.456 e. The van der Waals surface area contributed by atoms with E-state index in [2.05, 4.69) is 26.5 Å². The number of hydrogen-bond donors (Lipinski definition) is 0. The smallest absolute Gasteiger partial charge is 0.335 e. The van der Waals surface area contributed by atoms with Crippen LogP contribution in [0.15, 0.2) is 61.2 Å². The number of aryl methyl sites for hydroxylation is 1. The third-order valence-corrected chi connectivity index (χ3v) is 5.78. The molecule has 1 aliphatic carbocycles. The van der Waals surface area contributed by atoms with E-state index >= 15 is 0 Å². The SMILES string of the molecule is C=CC(=O)Oc1c2c(c(Oc3ccccc3)c3cc(C)ccc13)CCC(CC)C2. The van der Waals surface area contributed by atoms with Crippen LogP contribution in [0.1, 0.15) is 36.5 Å². The predicted molar refractivity (Wildman–Crippen MR) is 117 cm³/mol. The summed E-state index contributed by atoms with van der Waals surface area (Å²) in [4.78, 5) is 12.1. The standard InChI is InChI=1S/C26H26O3/c1-4-18-12-14-21-23(16-18)26(29-24(27)5-2)20-13-11-17(3)15-22(20)25(21)28-19-9-7-6-8-10-19/h5-11,13,15,18H,2,4,12,14,16H2,1,3H3. The molecule has 3 nitrogen and oxygen atoms in total. The van der Waals surface area contributed by atoms with Crippen molar-refractivity contribution >= 4 is 16.7 Å². The number of rotatable bonds is 5. The lowest BCUT2D eigenvalue weighted by molar-refractivity contribution is -0.128. The number of benzene rings is 3. The molecular formula is C26H26O3. The van der Waals surface area contributed by atoms with E-state index < -0.39 is 5.97 Å². The van der Waals surface area contributed by atoms with Gasteiger partial charge in [0.1, 0.15) is 17.2 Å². The number of fused-ring (bicyclic) bond motifs is 2. The van der Waals surface area contributed by atoms with Gasteiger partial charge in [0.25, 0.3) is 0 Å². The van der Waals surface area contributed by atoms with Crippen molar-refractivity contribution in [2.45, 2.75) is 39.5 Å². The van der Waals surface area contributed by atoms with Crippen molar-refractivity contribution < 1.29 is 14.3 Å². The minimum Gasteiger partial charge on any atom is -0.456 e. The van der Waals surface area contributed by atoms with Gasteiger partial charge in [-0.15, -0.1) is 0 Å². The number of ether oxygens (including phenoxy) is 2. The minimum atomic E-state index is -0.426. The second-order valence-electron chi connectivity index (χ2n) is 7.72. The average molecular weight is 386 g/mol. The molecule has 0 aliphatic heterocycles. The minimum absolute atomic E-state index is 0.426. The second kappa shape index (κ2) is 8.12. The molecule has 1 aliphatic rings. The second-order valence-corrected chi connectivity index (χ2v) is 7.72. The molecule has 0 saturated heterocycles. The van der Waals surface area contributed by atoms with Crippen LogP contribution in [-0.2, 0) is 17.6 Å². The lowest BCUT2D eigenvalue weighted by atomic mass is 9.80. The summed E-state index contributed by atoms with van der Waals surface area (Å²) in [5.74, 6) is 2.52. The maximum absolute atomic E-state index is 12.1. The molecule has 0 fully saturated rings. The monoisotopic (exact) mass is 386 g/mol. The highest BCUT2D eigenvalue weighted by atomic mass is 16.5. The van der Waals surface area contributed by atoms with Crippen LogP contribution in [0.3, 0.4) is 0 Å². The molecule has 0 N–H and O–H groups in total. The number of esters is 1. The molecule has 3 aromatic carbocycles. The van der Waals surface area contributed by atoms with Crippen molar-refractivity contribution in [3.8, 4) is 17.2 Å². The van der Waals surface area contributed by atoms with Crippen LogP contribution in [0, 0.1) is 12.8 Å². The zero-order chi connectivity index (χ0) is 20.4. The zero-order valence-electron chi connectivity index (χ0n) is 17.0. The maximum atomic E-state index is 12.1. The Morgan fingerprint density at radius 1 is 1.10 bits per heavy atom. The van der Waals surface area contributed by atoms with Crippen LogP contribution in [0.25, 0.3) is 10.8 Å². The Kier molecular flexibility index (Phi) is 5.39. The highest BCUT2D eigenvalue weighted by Gasteiger charge is 2.28. The molecule has 0 aromatic heterocycles. The van der Waals surface area contributed by atoms with Gasteiger partial charge >= 0.3 is 5.97 Å². The van der Waals surface area contributed by atoms with Crippen molar-refractivity contribution in [1.82, 2.24) is 0 Å². The van der Waals surface area contributed by atoms with Gasteiger partial charge in [0.05, 0.1) is 0 Å². The van der Waals surface area contributed by atoms with Gasteiger partial charge in [0.15, 0.2) is 0 Å². The Morgan fingerprint density at radius 3 is 2.62 bits per heavy atom. The summed E-state index contributed by atoms with van der Waals surface area (Å²) in [5, 5.41) is 1.89. The van der Waals surface area contributed by atoms with Crippen molar-refractivity contribution in [3.63, 3.8) is 0 Å². The van der Waals surface area contributed by atoms with Crippen LogP contribution in [0.2, 0.25) is 0 Å². The fourth-order valence-electron chi connectivity index (χ4n) is 4.19. The van der Waals surface area contributed by atoms with Gasteiger partial charge in [-0.2, -0.15) is 0 Å². The molecule has 3 aromatic rings. The van der Waals surface area contributed by atoms with Crippen molar-refractivity contribution in [1.29, 1.82) is 0 Å². The molecule has 0 spiro atoms. The van der Waals surface area contributed by atoms with E-state index in [-0.39, 0.29) is 0 Å². The summed E-state index contributed by atoms with van der Waals surface area (Å²) >= 11 is 0. The van der Waals surface area contributed by atoms with Crippen LogP contribution in [0.4, 0.5) is 0 Å². The molecule has 1 atom stereocenters. The summed E-state index contributed by atoms with van der Waals surface area (Å²) in [6.45, 7) is 7.85. The Labute approximate surface area is 172 Å². The first-order valence-electron chi connectivity index (χ1n) is 10.3. The van der Waals surface area contributed by atoms with Crippen LogP contribution < -0.4 is 9.47 Å². The molecule has 0 bridgehead atoms. The van der Waals surface area contributed by atoms with Crippen LogP contribution in [0.5, 0.6) is 17.2 Å². The first-order valence-corrected chi connectivity index (χ1v) is 10.3. The highest BCUT2D eigenvalue weighted by Crippen LogP contribution is 2.47. The van der Waals surface area contributed by atoms with Gasteiger partial charge in [0, 0.05) is 28.0 Å². The van der Waals surface area contributed by atoms with E-state index in [9.17, 15) is 4.79 Å². The lowest BCUT2D eigenvalue weighted by Crippen LogP contribution is -2.17. The molecule has 148 valence electrons. The van der Waals surface area contributed by atoms with Gasteiger partial charge in [-0.3, -0.25) is 0 Å². The molecule has 0 saturated carbocycles. The van der Waals surface area contributed by atoms with Gasteiger partial charge in [-0.25, -0.2) is 4.79 Å². The van der Waals surface area contributed by atoms with Crippen LogP contribution >= 0.6 is 0 Å². The first kappa shape index (κ1) is 19.3. The normalized spacial score (nSPS) is 15.6. The van der Waals surface area contributed by atoms with E-state index in [0.717, 1.165) is 64.6 Å². The summed E-state index contributed by atoms with van der Waals surface area (Å²) < 4.78 is 12.2. The predicted octanol–water partition coefficient (Wildman–Crippen LogP) is 6.55. The number of carbonyl (C=O) groups excluding carboxylic acids is 1. The Bertz CT molecular complexity index is 1070. The van der Waals surface area contributed by atoms with E-state index in [0.29, 0.717) is 11.7 Å². The molecule has 29 heavy (non-hydrogen) atoms. The Morgan fingerprint density at radius 2 is 1.90 bits per heavy atom. The molecule has 1 unspecified atom stereocenters. The Hall–Kier alpha value is -3.07. The summed E-state index contributed by atoms with van der Waals surface area (Å²) in [7, 11) is 0. The summed E-state index contributed by atoms with van der Waals surface area (Å²) in [6, 6.07) is 16.1. The fourth-order valence-corrected chi connectivity index (χ4v) is 4.19. The third-order valence-electron chi connectivity index (χ3n) is 5.78. The number of hydrogen-bond acceptors (Lipinski definition) is 3. The summed E-state index contributed by atoms with van der Waals surface area (Å²) in [5.41, 5.74) is 3.39. The topological polar surface area (TPSA) is 35.5 Å². The number of para-hydroxylation sites is 1. The lowest BCUT2D eigenvalue weighted by Gasteiger charge is -2.29. The van der Waals surface area contributed by atoms with Gasteiger partial charge in [-0.05, 0) is 50.3 Å². The van der Waals surface area contributed by atoms with Crippen molar-refractivity contribution in [3.05, 3.63) is 77.9 Å². The van der Waals surface area contributed by atoms with E-state index in [1.165, 1.54) is 6.08 Å². The molecule has 4 rings (SSSR count).